The zero-order valence-electron chi connectivity index (χ0n) is 7.15. The second-order valence-electron chi connectivity index (χ2n) is 2.52. The van der Waals surface area contributed by atoms with E-state index in [-0.39, 0.29) is 0 Å². The number of ether oxygens (including phenoxy) is 1. The summed E-state index contributed by atoms with van der Waals surface area (Å²) in [5.41, 5.74) is 0. The molecule has 0 aromatic carbocycles. The van der Waals surface area contributed by atoms with Crippen LogP contribution in [-0.4, -0.2) is 40.8 Å². The van der Waals surface area contributed by atoms with Crippen LogP contribution >= 0.6 is 11.8 Å². The highest BCUT2D eigenvalue weighted by Crippen LogP contribution is 2.19. The van der Waals surface area contributed by atoms with E-state index in [4.69, 9.17) is 9.84 Å². The molecular formula is C7H11NO4S. The molecule has 0 aromatic heterocycles. The number of carbonyl (C=O) groups excluding carboxylic acids is 1. The molecule has 1 rings (SSSR count). The molecule has 1 aliphatic rings. The highest BCUT2D eigenvalue weighted by molar-refractivity contribution is 8.00. The quantitative estimate of drug-likeness (QED) is 0.614. The van der Waals surface area contributed by atoms with Crippen LogP contribution in [0.15, 0.2) is 0 Å². The zero-order valence-corrected chi connectivity index (χ0v) is 7.97. The number of thioether (sulfide) groups is 1. The summed E-state index contributed by atoms with van der Waals surface area (Å²) in [5, 5.41) is 10.8. The molecule has 0 saturated carbocycles. The average Bonchev–Trinajstić information content (AvgIpc) is 2.52. The lowest BCUT2D eigenvalue weighted by Gasteiger charge is -2.08. The maximum absolute atomic E-state index is 11.1. The summed E-state index contributed by atoms with van der Waals surface area (Å²) in [4.78, 5) is 21.6. The smallest absolute Gasteiger partial charge is 0.333 e. The Morgan fingerprint density at radius 1 is 1.69 bits per heavy atom. The van der Waals surface area contributed by atoms with Crippen molar-refractivity contribution >= 4 is 23.7 Å². The van der Waals surface area contributed by atoms with E-state index in [0.29, 0.717) is 12.4 Å². The first-order valence-electron chi connectivity index (χ1n) is 3.92. The molecule has 6 heteroatoms. The molecule has 0 bridgehead atoms. The van der Waals surface area contributed by atoms with E-state index in [1.165, 1.54) is 11.8 Å². The number of rotatable bonds is 3. The van der Waals surface area contributed by atoms with Crippen molar-refractivity contribution in [3.05, 3.63) is 0 Å². The summed E-state index contributed by atoms with van der Waals surface area (Å²) in [5.74, 6) is -0.922. The molecule has 1 fully saturated rings. The van der Waals surface area contributed by atoms with Crippen molar-refractivity contribution in [2.24, 2.45) is 0 Å². The minimum absolute atomic E-state index is 0.315. The van der Waals surface area contributed by atoms with E-state index >= 15 is 0 Å². The third-order valence-corrected chi connectivity index (χ3v) is 2.77. The predicted octanol–water partition coefficient (Wildman–Crippen LogP) is -0.335. The van der Waals surface area contributed by atoms with Gasteiger partial charge in [-0.3, -0.25) is 10.1 Å². The number of nitrogens with one attached hydrogen (secondary N) is 1. The summed E-state index contributed by atoms with van der Waals surface area (Å²) in [6.45, 7) is 2.03. The van der Waals surface area contributed by atoms with Crippen LogP contribution in [0, 0.1) is 0 Å². The standard InChI is InChI=1S/C7H11NO4S/c1-2-12-7(11)5-8-4(3-13-5)6(9)10/h4-5,8H,2-3H2,1H3,(H,9,10)/t4-,5-/m0/s1. The summed E-state index contributed by atoms with van der Waals surface area (Å²) >= 11 is 1.26. The van der Waals surface area contributed by atoms with Crippen molar-refractivity contribution in [2.45, 2.75) is 18.3 Å². The Balaban J connectivity index is 2.40. The van der Waals surface area contributed by atoms with Crippen LogP contribution < -0.4 is 5.32 Å². The Hall–Kier alpha value is -0.750. The van der Waals surface area contributed by atoms with Gasteiger partial charge in [0.05, 0.1) is 6.61 Å². The van der Waals surface area contributed by atoms with Gasteiger partial charge in [0.1, 0.15) is 6.04 Å². The topological polar surface area (TPSA) is 75.6 Å². The van der Waals surface area contributed by atoms with Crippen molar-refractivity contribution in [1.29, 1.82) is 0 Å². The minimum atomic E-state index is -0.931. The van der Waals surface area contributed by atoms with Crippen molar-refractivity contribution in [2.75, 3.05) is 12.4 Å². The molecule has 2 atom stereocenters. The molecule has 1 saturated heterocycles. The summed E-state index contributed by atoms with van der Waals surface area (Å²) in [7, 11) is 0. The highest BCUT2D eigenvalue weighted by atomic mass is 32.2. The van der Waals surface area contributed by atoms with Crippen molar-refractivity contribution in [3.63, 3.8) is 0 Å². The number of aliphatic carboxylic acids is 1. The lowest BCUT2D eigenvalue weighted by atomic mass is 10.3. The van der Waals surface area contributed by atoms with Crippen molar-refractivity contribution in [3.8, 4) is 0 Å². The number of carboxylic acids is 1. The van der Waals surface area contributed by atoms with Crippen LogP contribution in [-0.2, 0) is 14.3 Å². The summed E-state index contributed by atoms with van der Waals surface area (Å²) in [6, 6.07) is -0.639. The van der Waals surface area contributed by atoms with Crippen LogP contribution in [0.4, 0.5) is 0 Å². The molecule has 0 spiro atoms. The molecule has 2 N–H and O–H groups in total. The highest BCUT2D eigenvalue weighted by Gasteiger charge is 2.34. The predicted molar refractivity (Wildman–Crippen MR) is 47.4 cm³/mol. The van der Waals surface area contributed by atoms with Crippen molar-refractivity contribution in [1.82, 2.24) is 5.32 Å². The number of carbonyl (C=O) groups is 2. The lowest BCUT2D eigenvalue weighted by molar-refractivity contribution is -0.143. The molecule has 5 nitrogen and oxygen atoms in total. The third-order valence-electron chi connectivity index (χ3n) is 1.58. The Morgan fingerprint density at radius 3 is 2.85 bits per heavy atom. The van der Waals surface area contributed by atoms with Gasteiger partial charge in [0.2, 0.25) is 0 Å². The molecule has 0 amide bonds. The van der Waals surface area contributed by atoms with E-state index < -0.39 is 23.4 Å². The first-order valence-corrected chi connectivity index (χ1v) is 4.97. The van der Waals surface area contributed by atoms with Crippen LogP contribution in [0.1, 0.15) is 6.92 Å². The number of hydrogen-bond donors (Lipinski definition) is 2. The van der Waals surface area contributed by atoms with E-state index in [0.717, 1.165) is 0 Å². The normalized spacial score (nSPS) is 27.2. The van der Waals surface area contributed by atoms with Gasteiger partial charge in [-0.05, 0) is 6.92 Å². The van der Waals surface area contributed by atoms with Gasteiger partial charge in [-0.2, -0.15) is 0 Å². The summed E-state index contributed by atoms with van der Waals surface area (Å²) < 4.78 is 4.74. The second kappa shape index (κ2) is 4.48. The average molecular weight is 205 g/mol. The molecule has 1 heterocycles. The van der Waals surface area contributed by atoms with Gasteiger partial charge in [-0.25, -0.2) is 4.79 Å². The Morgan fingerprint density at radius 2 is 2.38 bits per heavy atom. The van der Waals surface area contributed by atoms with Crippen LogP contribution in [0.25, 0.3) is 0 Å². The summed E-state index contributed by atoms with van der Waals surface area (Å²) in [6.07, 6.45) is 0. The SMILES string of the molecule is CCOC(=O)[C@H]1N[C@H](C(=O)O)CS1. The van der Waals surface area contributed by atoms with E-state index in [9.17, 15) is 9.59 Å². The molecule has 13 heavy (non-hydrogen) atoms. The molecule has 0 radical (unpaired) electrons. The molecule has 0 aromatic rings. The fraction of sp³-hybridized carbons (Fsp3) is 0.714. The zero-order chi connectivity index (χ0) is 9.84. The fourth-order valence-electron chi connectivity index (χ4n) is 0.968. The van der Waals surface area contributed by atoms with E-state index in [1.807, 2.05) is 0 Å². The van der Waals surface area contributed by atoms with E-state index in [1.54, 1.807) is 6.92 Å². The molecule has 74 valence electrons. The van der Waals surface area contributed by atoms with Crippen LogP contribution in [0.3, 0.4) is 0 Å². The first kappa shape index (κ1) is 10.3. The number of hydrogen-bond acceptors (Lipinski definition) is 5. The first-order chi connectivity index (χ1) is 6.15. The second-order valence-corrected chi connectivity index (χ2v) is 3.66. The van der Waals surface area contributed by atoms with E-state index in [2.05, 4.69) is 5.32 Å². The Kier molecular flexibility index (Phi) is 3.56. The van der Waals surface area contributed by atoms with Gasteiger partial charge in [0, 0.05) is 5.75 Å². The Bertz CT molecular complexity index is 221. The molecule has 0 aliphatic carbocycles. The minimum Gasteiger partial charge on any atom is -0.480 e. The molecule has 1 aliphatic heterocycles. The molecular weight excluding hydrogens is 194 g/mol. The van der Waals surface area contributed by atoms with Gasteiger partial charge in [0.25, 0.3) is 0 Å². The third kappa shape index (κ3) is 2.60. The van der Waals surface area contributed by atoms with Gasteiger partial charge in [-0.1, -0.05) is 0 Å². The van der Waals surface area contributed by atoms with Gasteiger partial charge < -0.3 is 9.84 Å². The number of carboxylic acid groups (broad SMARTS) is 1. The van der Waals surface area contributed by atoms with Crippen LogP contribution in [0.5, 0.6) is 0 Å². The van der Waals surface area contributed by atoms with Gasteiger partial charge >= 0.3 is 11.9 Å². The van der Waals surface area contributed by atoms with Gasteiger partial charge in [-0.15, -0.1) is 11.8 Å². The monoisotopic (exact) mass is 205 g/mol. The maximum atomic E-state index is 11.1. The largest absolute Gasteiger partial charge is 0.480 e. The van der Waals surface area contributed by atoms with Crippen LogP contribution in [0.2, 0.25) is 0 Å². The molecule has 0 unspecified atom stereocenters. The Labute approximate surface area is 79.8 Å². The number of esters is 1. The van der Waals surface area contributed by atoms with Gasteiger partial charge in [0.15, 0.2) is 5.37 Å². The fourth-order valence-corrected chi connectivity index (χ4v) is 2.06. The van der Waals surface area contributed by atoms with Crippen molar-refractivity contribution < 1.29 is 19.4 Å². The lowest BCUT2D eigenvalue weighted by Crippen LogP contribution is -2.40. The maximum Gasteiger partial charge on any atom is 0.333 e.